The van der Waals surface area contributed by atoms with Crippen LogP contribution >= 0.6 is 34.7 Å². The van der Waals surface area contributed by atoms with Crippen molar-refractivity contribution in [3.05, 3.63) is 21.3 Å². The van der Waals surface area contributed by atoms with Gasteiger partial charge in [-0.25, -0.2) is 4.68 Å². The molecule has 1 saturated carbocycles. The highest BCUT2D eigenvalue weighted by molar-refractivity contribution is 8.00. The first kappa shape index (κ1) is 15.0. The Balaban J connectivity index is 1.71. The van der Waals surface area contributed by atoms with Crippen LogP contribution in [0.1, 0.15) is 48.3 Å². The van der Waals surface area contributed by atoms with E-state index in [1.54, 1.807) is 12.1 Å². The van der Waals surface area contributed by atoms with Crippen LogP contribution in [0.2, 0.25) is 4.34 Å². The Morgan fingerprint density at radius 1 is 1.48 bits per heavy atom. The Bertz CT molecular complexity index is 636. The number of ketones is 1. The zero-order valence-electron chi connectivity index (χ0n) is 11.5. The van der Waals surface area contributed by atoms with Crippen molar-refractivity contribution in [3.63, 3.8) is 0 Å². The lowest BCUT2D eigenvalue weighted by Gasteiger charge is -2.13. The molecule has 112 valence electrons. The lowest BCUT2D eigenvalue weighted by atomic mass is 10.2. The fraction of sp³-hybridized carbons (Fsp3) is 0.538. The van der Waals surface area contributed by atoms with Crippen LogP contribution in [0.3, 0.4) is 0 Å². The van der Waals surface area contributed by atoms with Crippen LogP contribution in [0, 0.1) is 0 Å². The van der Waals surface area contributed by atoms with Gasteiger partial charge < -0.3 is 0 Å². The number of thiophene rings is 1. The summed E-state index contributed by atoms with van der Waals surface area (Å²) in [5.74, 6) is 0.0675. The number of hydrogen-bond donors (Lipinski definition) is 0. The van der Waals surface area contributed by atoms with Gasteiger partial charge in [0.15, 0.2) is 5.78 Å². The summed E-state index contributed by atoms with van der Waals surface area (Å²) in [7, 11) is 0. The first-order chi connectivity index (χ1) is 10.1. The Hall–Kier alpha value is -0.920. The molecule has 1 aliphatic carbocycles. The summed E-state index contributed by atoms with van der Waals surface area (Å²) >= 11 is 8.61. The number of aromatic nitrogens is 4. The number of hydrogen-bond acceptors (Lipinski definition) is 6. The van der Waals surface area contributed by atoms with E-state index in [2.05, 4.69) is 15.5 Å². The van der Waals surface area contributed by atoms with E-state index in [1.807, 2.05) is 11.6 Å². The maximum Gasteiger partial charge on any atom is 0.210 e. The maximum absolute atomic E-state index is 12.4. The molecular weight excluding hydrogens is 328 g/mol. The van der Waals surface area contributed by atoms with E-state index < -0.39 is 0 Å². The number of halogens is 1. The molecule has 1 fully saturated rings. The number of rotatable bonds is 5. The molecule has 3 rings (SSSR count). The number of carbonyl (C=O) groups is 1. The van der Waals surface area contributed by atoms with E-state index in [0.717, 1.165) is 18.0 Å². The Morgan fingerprint density at radius 3 is 2.90 bits per heavy atom. The quantitative estimate of drug-likeness (QED) is 0.609. The molecule has 8 heteroatoms. The molecule has 21 heavy (non-hydrogen) atoms. The Kier molecular flexibility index (Phi) is 4.61. The molecule has 0 bridgehead atoms. The van der Waals surface area contributed by atoms with Gasteiger partial charge in [-0.1, -0.05) is 36.2 Å². The minimum Gasteiger partial charge on any atom is -0.292 e. The third-order valence-electron chi connectivity index (χ3n) is 3.60. The summed E-state index contributed by atoms with van der Waals surface area (Å²) in [4.78, 5) is 13.1. The summed E-state index contributed by atoms with van der Waals surface area (Å²) in [6.45, 7) is 1.88. The van der Waals surface area contributed by atoms with E-state index >= 15 is 0 Å². The first-order valence-corrected chi connectivity index (χ1v) is 8.96. The number of carbonyl (C=O) groups excluding carboxylic acids is 1. The summed E-state index contributed by atoms with van der Waals surface area (Å²) in [6, 6.07) is 3.90. The van der Waals surface area contributed by atoms with Crippen molar-refractivity contribution >= 4 is 40.5 Å². The van der Waals surface area contributed by atoms with E-state index in [4.69, 9.17) is 11.6 Å². The van der Waals surface area contributed by atoms with Gasteiger partial charge in [0.25, 0.3) is 0 Å². The lowest BCUT2D eigenvalue weighted by Crippen LogP contribution is -2.15. The molecule has 0 aliphatic heterocycles. The van der Waals surface area contributed by atoms with Gasteiger partial charge in [0.1, 0.15) is 0 Å². The van der Waals surface area contributed by atoms with Crippen molar-refractivity contribution in [3.8, 4) is 0 Å². The minimum atomic E-state index is -0.231. The van der Waals surface area contributed by atoms with E-state index in [-0.39, 0.29) is 11.0 Å². The fourth-order valence-electron chi connectivity index (χ4n) is 2.50. The molecule has 5 nitrogen and oxygen atoms in total. The zero-order chi connectivity index (χ0) is 14.8. The molecule has 0 amide bonds. The maximum atomic E-state index is 12.4. The van der Waals surface area contributed by atoms with Gasteiger partial charge in [-0.05, 0) is 42.3 Å². The Morgan fingerprint density at radius 2 is 2.24 bits per heavy atom. The monoisotopic (exact) mass is 342 g/mol. The number of Topliss-reactive ketones (excluding diaryl/α,β-unsaturated/α-hetero) is 1. The number of tetrazole rings is 1. The molecule has 1 atom stereocenters. The second kappa shape index (κ2) is 6.46. The predicted molar refractivity (Wildman–Crippen MR) is 84.3 cm³/mol. The largest absolute Gasteiger partial charge is 0.292 e. The fourth-order valence-corrected chi connectivity index (χ4v) is 4.57. The average molecular weight is 343 g/mol. The third kappa shape index (κ3) is 3.30. The smallest absolute Gasteiger partial charge is 0.210 e. The van der Waals surface area contributed by atoms with Crippen LogP contribution in [-0.2, 0) is 0 Å². The minimum absolute atomic E-state index is 0.0675. The van der Waals surface area contributed by atoms with Crippen molar-refractivity contribution in [1.29, 1.82) is 0 Å². The highest BCUT2D eigenvalue weighted by Crippen LogP contribution is 2.33. The first-order valence-electron chi connectivity index (χ1n) is 6.89. The summed E-state index contributed by atoms with van der Waals surface area (Å²) < 4.78 is 2.51. The zero-order valence-corrected chi connectivity index (χ0v) is 13.9. The molecule has 1 unspecified atom stereocenters. The topological polar surface area (TPSA) is 60.7 Å². The van der Waals surface area contributed by atoms with E-state index in [1.165, 1.54) is 35.9 Å². The standard InChI is InChI=1S/C13H15ClN4OS2/c1-8(12(19)10-6-7-11(14)21-10)20-13-15-16-17-18(13)9-4-2-3-5-9/h6-9H,2-5H2,1H3. The summed E-state index contributed by atoms with van der Waals surface area (Å²) in [5, 5.41) is 12.4. The van der Waals surface area contributed by atoms with Gasteiger partial charge in [-0.3, -0.25) is 4.79 Å². The molecule has 0 radical (unpaired) electrons. The number of nitrogens with zero attached hydrogens (tertiary/aromatic N) is 4. The van der Waals surface area contributed by atoms with Crippen LogP contribution < -0.4 is 0 Å². The number of thioether (sulfide) groups is 1. The van der Waals surface area contributed by atoms with Crippen LogP contribution in [0.25, 0.3) is 0 Å². The highest BCUT2D eigenvalue weighted by Gasteiger charge is 2.25. The summed E-state index contributed by atoms with van der Waals surface area (Å²) in [6.07, 6.45) is 4.66. The van der Waals surface area contributed by atoms with Gasteiger partial charge in [-0.15, -0.1) is 16.4 Å². The van der Waals surface area contributed by atoms with E-state index in [9.17, 15) is 4.79 Å². The van der Waals surface area contributed by atoms with Crippen LogP contribution in [0.4, 0.5) is 0 Å². The normalized spacial score (nSPS) is 17.2. The van der Waals surface area contributed by atoms with Crippen molar-refractivity contribution in [2.24, 2.45) is 0 Å². The second-order valence-electron chi connectivity index (χ2n) is 5.07. The van der Waals surface area contributed by atoms with Crippen LogP contribution in [0.5, 0.6) is 0 Å². The summed E-state index contributed by atoms with van der Waals surface area (Å²) in [5.41, 5.74) is 0. The van der Waals surface area contributed by atoms with Crippen LogP contribution in [-0.4, -0.2) is 31.2 Å². The van der Waals surface area contributed by atoms with Crippen LogP contribution in [0.15, 0.2) is 17.3 Å². The van der Waals surface area contributed by atoms with Crippen molar-refractivity contribution in [2.45, 2.75) is 49.1 Å². The molecule has 0 saturated heterocycles. The molecule has 2 aromatic rings. The Labute approximate surface area is 136 Å². The van der Waals surface area contributed by atoms with E-state index in [0.29, 0.717) is 15.3 Å². The van der Waals surface area contributed by atoms with Crippen molar-refractivity contribution in [1.82, 2.24) is 20.2 Å². The van der Waals surface area contributed by atoms with Crippen molar-refractivity contribution < 1.29 is 4.79 Å². The van der Waals surface area contributed by atoms with Gasteiger partial charge in [0.05, 0.1) is 20.5 Å². The lowest BCUT2D eigenvalue weighted by molar-refractivity contribution is 0.0997. The van der Waals surface area contributed by atoms with Gasteiger partial charge in [0.2, 0.25) is 5.16 Å². The molecule has 0 N–H and O–H groups in total. The molecule has 0 spiro atoms. The molecule has 2 aromatic heterocycles. The molecular formula is C13H15ClN4OS2. The molecule has 2 heterocycles. The van der Waals surface area contributed by atoms with Gasteiger partial charge in [-0.2, -0.15) is 0 Å². The SMILES string of the molecule is CC(Sc1nnnn1C1CCCC1)C(=O)c1ccc(Cl)s1. The average Bonchev–Trinajstić information content (AvgIpc) is 3.17. The molecule has 0 aromatic carbocycles. The van der Waals surface area contributed by atoms with Gasteiger partial charge in [0, 0.05) is 0 Å². The second-order valence-corrected chi connectivity index (χ2v) is 8.10. The highest BCUT2D eigenvalue weighted by atomic mass is 35.5. The third-order valence-corrected chi connectivity index (χ3v) is 5.89. The molecule has 1 aliphatic rings. The van der Waals surface area contributed by atoms with Crippen molar-refractivity contribution in [2.75, 3.05) is 0 Å². The van der Waals surface area contributed by atoms with Gasteiger partial charge >= 0.3 is 0 Å². The predicted octanol–water partition coefficient (Wildman–Crippen LogP) is 3.87.